The van der Waals surface area contributed by atoms with E-state index < -0.39 is 0 Å². The van der Waals surface area contributed by atoms with Crippen molar-refractivity contribution in [1.29, 1.82) is 0 Å². The van der Waals surface area contributed by atoms with E-state index in [1.54, 1.807) is 24.3 Å². The number of hydrazone groups is 1. The molecular weight excluding hydrogens is 358 g/mol. The number of aromatic hydroxyl groups is 1. The number of ether oxygens (including phenoxy) is 1. The van der Waals surface area contributed by atoms with Gasteiger partial charge in [-0.2, -0.15) is 20.1 Å². The van der Waals surface area contributed by atoms with Crippen molar-refractivity contribution in [3.05, 3.63) is 30.1 Å². The van der Waals surface area contributed by atoms with Crippen LogP contribution in [0.15, 0.2) is 29.4 Å². The second kappa shape index (κ2) is 11.7. The van der Waals surface area contributed by atoms with Gasteiger partial charge in [0.25, 0.3) is 0 Å². The molecule has 1 aromatic carbocycles. The Balaban J connectivity index is 2.19. The van der Waals surface area contributed by atoms with Crippen LogP contribution in [0.25, 0.3) is 0 Å². The molecule has 0 unspecified atom stereocenters. The molecule has 2 rings (SSSR count). The maximum atomic E-state index is 9.33. The van der Waals surface area contributed by atoms with Crippen molar-refractivity contribution < 1.29 is 9.84 Å². The average molecular weight is 387 g/mol. The van der Waals surface area contributed by atoms with Crippen LogP contribution in [0.1, 0.15) is 32.5 Å². The number of rotatable bonds is 12. The van der Waals surface area contributed by atoms with Gasteiger partial charge in [-0.05, 0) is 44.2 Å². The molecule has 0 saturated heterocycles. The van der Waals surface area contributed by atoms with Gasteiger partial charge in [0.15, 0.2) is 5.82 Å². The normalized spacial score (nSPS) is 11.0. The highest BCUT2D eigenvalue weighted by Crippen LogP contribution is 2.15. The Hall–Kier alpha value is -2.94. The minimum absolute atomic E-state index is 0.201. The fraction of sp³-hybridized carbons (Fsp3) is 0.474. The zero-order valence-corrected chi connectivity index (χ0v) is 16.7. The second-order valence-electron chi connectivity index (χ2n) is 6.13. The molecule has 0 atom stereocenters. The van der Waals surface area contributed by atoms with Gasteiger partial charge in [0, 0.05) is 19.6 Å². The van der Waals surface area contributed by atoms with Gasteiger partial charge in [0.1, 0.15) is 12.4 Å². The third-order valence-corrected chi connectivity index (χ3v) is 3.71. The highest BCUT2D eigenvalue weighted by Gasteiger charge is 2.13. The Labute approximate surface area is 165 Å². The molecule has 0 radical (unpaired) electrons. The molecule has 28 heavy (non-hydrogen) atoms. The molecule has 0 spiro atoms. The van der Waals surface area contributed by atoms with Crippen LogP contribution in [-0.4, -0.2) is 59.6 Å². The molecule has 1 heterocycles. The number of nitrogens with one attached hydrogen (secondary N) is 2. The molecule has 0 amide bonds. The Bertz CT molecular complexity index is 732. The predicted molar refractivity (Wildman–Crippen MR) is 111 cm³/mol. The topological polar surface area (TPSA) is 108 Å². The Morgan fingerprint density at radius 3 is 2.46 bits per heavy atom. The van der Waals surface area contributed by atoms with E-state index in [9.17, 15) is 5.11 Å². The molecule has 1 aromatic heterocycles. The first-order chi connectivity index (χ1) is 13.7. The first-order valence-corrected chi connectivity index (χ1v) is 9.52. The fourth-order valence-corrected chi connectivity index (χ4v) is 2.42. The van der Waals surface area contributed by atoms with Crippen molar-refractivity contribution in [3.8, 4) is 11.8 Å². The Kier molecular flexibility index (Phi) is 8.93. The minimum atomic E-state index is 0.201. The van der Waals surface area contributed by atoms with E-state index in [1.807, 2.05) is 7.05 Å². The van der Waals surface area contributed by atoms with E-state index in [1.165, 1.54) is 6.21 Å². The molecule has 0 aliphatic heterocycles. The van der Waals surface area contributed by atoms with Gasteiger partial charge in [-0.15, -0.1) is 0 Å². The van der Waals surface area contributed by atoms with E-state index >= 15 is 0 Å². The molecule has 0 aliphatic carbocycles. The largest absolute Gasteiger partial charge is 0.508 e. The maximum absolute atomic E-state index is 9.33. The quantitative estimate of drug-likeness (QED) is 0.220. The second-order valence-corrected chi connectivity index (χ2v) is 6.13. The summed E-state index contributed by atoms with van der Waals surface area (Å²) >= 11 is 0. The minimum Gasteiger partial charge on any atom is -0.508 e. The molecule has 152 valence electrons. The average Bonchev–Trinajstić information content (AvgIpc) is 2.69. The first kappa shape index (κ1) is 21.4. The maximum Gasteiger partial charge on any atom is 0.321 e. The summed E-state index contributed by atoms with van der Waals surface area (Å²) in [5.74, 6) is 1.20. The Morgan fingerprint density at radius 2 is 1.82 bits per heavy atom. The Morgan fingerprint density at radius 1 is 1.11 bits per heavy atom. The van der Waals surface area contributed by atoms with Crippen LogP contribution in [0.5, 0.6) is 11.8 Å². The predicted octanol–water partition coefficient (Wildman–Crippen LogP) is 2.25. The molecule has 9 nitrogen and oxygen atoms in total. The summed E-state index contributed by atoms with van der Waals surface area (Å²) in [5.41, 5.74) is 3.63. The number of nitrogens with zero attached hydrogens (tertiary/aromatic N) is 5. The van der Waals surface area contributed by atoms with Crippen molar-refractivity contribution >= 4 is 17.9 Å². The number of benzene rings is 1. The summed E-state index contributed by atoms with van der Waals surface area (Å²) in [5, 5.41) is 16.5. The van der Waals surface area contributed by atoms with Gasteiger partial charge in [0.05, 0.1) is 11.9 Å². The fourth-order valence-electron chi connectivity index (χ4n) is 2.42. The van der Waals surface area contributed by atoms with E-state index in [2.05, 4.69) is 49.5 Å². The summed E-state index contributed by atoms with van der Waals surface area (Å²) in [7, 11) is 1.86. The zero-order chi connectivity index (χ0) is 20.2. The number of likely N-dealkylation sites (N-methyl/N-ethyl adjacent to an activating group) is 1. The number of anilines is 2. The zero-order valence-electron chi connectivity index (χ0n) is 16.7. The molecule has 0 bridgehead atoms. The summed E-state index contributed by atoms with van der Waals surface area (Å²) in [4.78, 5) is 15.4. The molecule has 0 fully saturated rings. The molecule has 0 saturated carbocycles. The molecule has 2 aromatic rings. The smallest absolute Gasteiger partial charge is 0.321 e. The van der Waals surface area contributed by atoms with E-state index in [0.29, 0.717) is 24.9 Å². The number of phenolic OH excluding ortho intramolecular Hbond substituents is 1. The lowest BCUT2D eigenvalue weighted by Crippen LogP contribution is -2.28. The van der Waals surface area contributed by atoms with Crippen molar-refractivity contribution in [1.82, 2.24) is 20.3 Å². The van der Waals surface area contributed by atoms with Gasteiger partial charge < -0.3 is 20.1 Å². The lowest BCUT2D eigenvalue weighted by Gasteiger charge is -2.21. The third kappa shape index (κ3) is 6.99. The van der Waals surface area contributed by atoms with Gasteiger partial charge >= 0.3 is 6.01 Å². The van der Waals surface area contributed by atoms with Crippen molar-refractivity contribution in [3.63, 3.8) is 0 Å². The number of hydrogen-bond acceptors (Lipinski definition) is 9. The third-order valence-electron chi connectivity index (χ3n) is 3.71. The van der Waals surface area contributed by atoms with Crippen molar-refractivity contribution in [2.24, 2.45) is 5.10 Å². The first-order valence-electron chi connectivity index (χ1n) is 9.52. The highest BCUT2D eigenvalue weighted by molar-refractivity contribution is 5.75. The monoisotopic (exact) mass is 387 g/mol. The summed E-state index contributed by atoms with van der Waals surface area (Å²) in [6.45, 7) is 7.12. The highest BCUT2D eigenvalue weighted by atomic mass is 16.5. The summed E-state index contributed by atoms with van der Waals surface area (Å²) in [6.07, 6.45) is 3.51. The van der Waals surface area contributed by atoms with Gasteiger partial charge in [-0.3, -0.25) is 5.43 Å². The van der Waals surface area contributed by atoms with E-state index in [0.717, 1.165) is 31.6 Å². The van der Waals surface area contributed by atoms with Crippen LogP contribution in [0.4, 0.5) is 11.6 Å². The lowest BCUT2D eigenvalue weighted by molar-refractivity contribution is 0.292. The van der Waals surface area contributed by atoms with Crippen LogP contribution in [0.3, 0.4) is 0 Å². The molecular formula is C19H29N7O2. The SMILES string of the molecule is CCCN(CCC)c1nc(/C=N/Nc2ccc(O)cc2)nc(OCCNC)n1. The van der Waals surface area contributed by atoms with E-state index in [-0.39, 0.29) is 11.8 Å². The number of phenols is 1. The van der Waals surface area contributed by atoms with Crippen LogP contribution >= 0.6 is 0 Å². The number of aromatic nitrogens is 3. The van der Waals surface area contributed by atoms with Crippen LogP contribution < -0.4 is 20.4 Å². The molecule has 3 N–H and O–H groups in total. The van der Waals surface area contributed by atoms with E-state index in [4.69, 9.17) is 4.74 Å². The van der Waals surface area contributed by atoms with Crippen molar-refractivity contribution in [2.75, 3.05) is 43.6 Å². The molecule has 0 aliphatic rings. The van der Waals surface area contributed by atoms with Crippen molar-refractivity contribution in [2.45, 2.75) is 26.7 Å². The van der Waals surface area contributed by atoms with Gasteiger partial charge in [0.2, 0.25) is 5.95 Å². The number of hydrogen-bond donors (Lipinski definition) is 3. The van der Waals surface area contributed by atoms with Crippen LogP contribution in [-0.2, 0) is 0 Å². The summed E-state index contributed by atoms with van der Waals surface area (Å²) in [6, 6.07) is 6.90. The molecule has 9 heteroatoms. The standard InChI is InChI=1S/C19H29N7O2/c1-4-11-26(12-5-2)18-22-17(23-19(24-18)28-13-10-20-3)14-21-25-15-6-8-16(27)9-7-15/h6-9,14,20,25,27H,4-5,10-13H2,1-3H3/b21-14+. The lowest BCUT2D eigenvalue weighted by atomic mass is 10.3. The van der Waals surface area contributed by atoms with Crippen LogP contribution in [0.2, 0.25) is 0 Å². The van der Waals surface area contributed by atoms with Gasteiger partial charge in [-0.1, -0.05) is 13.8 Å². The van der Waals surface area contributed by atoms with Gasteiger partial charge in [-0.25, -0.2) is 0 Å². The van der Waals surface area contributed by atoms with Crippen LogP contribution in [0, 0.1) is 0 Å². The summed E-state index contributed by atoms with van der Waals surface area (Å²) < 4.78 is 5.65.